The number of hydrogen-bond acceptors (Lipinski definition) is 1. The molecule has 1 aliphatic carbocycles. The van der Waals surface area contributed by atoms with Gasteiger partial charge in [0.25, 0.3) is 0 Å². The average Bonchev–Trinajstić information content (AvgIpc) is 2.45. The van der Waals surface area contributed by atoms with E-state index >= 15 is 0 Å². The largest absolute Gasteiger partial charge is 0.547 e. The molecule has 1 atom stereocenters. The van der Waals surface area contributed by atoms with Gasteiger partial charge >= 0.3 is 0 Å². The molecule has 0 fully saturated rings. The molecule has 1 rings (SSSR count). The van der Waals surface area contributed by atoms with Crippen LogP contribution in [0.2, 0.25) is 18.1 Å². The fourth-order valence-electron chi connectivity index (χ4n) is 1.79. The van der Waals surface area contributed by atoms with Crippen molar-refractivity contribution in [2.24, 2.45) is 5.92 Å². The molecule has 1 nitrogen and oxygen atoms in total. The maximum atomic E-state index is 6.38. The Hall–Kier alpha value is -0.503. The van der Waals surface area contributed by atoms with Crippen molar-refractivity contribution in [3.05, 3.63) is 24.0 Å². The van der Waals surface area contributed by atoms with Gasteiger partial charge in [0.05, 0.1) is 5.76 Å². The van der Waals surface area contributed by atoms with Crippen LogP contribution in [-0.2, 0) is 4.43 Å². The summed E-state index contributed by atoms with van der Waals surface area (Å²) in [4.78, 5) is 0. The van der Waals surface area contributed by atoms with Crippen LogP contribution in [0, 0.1) is 5.92 Å². The van der Waals surface area contributed by atoms with E-state index in [0.29, 0.717) is 5.92 Å². The van der Waals surface area contributed by atoms with Gasteiger partial charge in [-0.3, -0.25) is 0 Å². The molecule has 0 radical (unpaired) electrons. The molecule has 1 aliphatic rings. The monoisotopic (exact) mass is 238 g/mol. The highest BCUT2D eigenvalue weighted by molar-refractivity contribution is 6.74. The lowest BCUT2D eigenvalue weighted by Gasteiger charge is -2.37. The number of hydrogen-bond donors (Lipinski definition) is 0. The van der Waals surface area contributed by atoms with Crippen molar-refractivity contribution < 1.29 is 4.43 Å². The minimum Gasteiger partial charge on any atom is -0.547 e. The maximum Gasteiger partial charge on any atom is 0.250 e. The highest BCUT2D eigenvalue weighted by Gasteiger charge is 2.40. The van der Waals surface area contributed by atoms with Gasteiger partial charge in [0, 0.05) is 12.3 Å². The van der Waals surface area contributed by atoms with Gasteiger partial charge in [-0.2, -0.15) is 0 Å². The molecule has 0 unspecified atom stereocenters. The van der Waals surface area contributed by atoms with Crippen LogP contribution in [0.15, 0.2) is 24.0 Å². The van der Waals surface area contributed by atoms with Gasteiger partial charge in [0.15, 0.2) is 0 Å². The zero-order valence-corrected chi connectivity index (χ0v) is 12.7. The topological polar surface area (TPSA) is 9.23 Å². The Bertz CT molecular complexity index is 307. The van der Waals surface area contributed by atoms with E-state index in [9.17, 15) is 0 Å². The van der Waals surface area contributed by atoms with Crippen LogP contribution in [-0.4, -0.2) is 8.32 Å². The quantitative estimate of drug-likeness (QED) is 0.503. The molecule has 0 spiro atoms. The second-order valence-electron chi connectivity index (χ2n) is 6.35. The summed E-state index contributed by atoms with van der Waals surface area (Å²) in [6, 6.07) is 0. The minimum atomic E-state index is -1.65. The van der Waals surface area contributed by atoms with Gasteiger partial charge in [-0.05, 0) is 37.0 Å². The Balaban J connectivity index is 2.83. The third kappa shape index (κ3) is 2.60. The average molecular weight is 238 g/mol. The molecule has 0 aliphatic heterocycles. The van der Waals surface area contributed by atoms with Crippen LogP contribution in [0.25, 0.3) is 0 Å². The van der Waals surface area contributed by atoms with Gasteiger partial charge in [-0.15, -0.1) is 6.58 Å². The molecule has 0 bridgehead atoms. The summed E-state index contributed by atoms with van der Waals surface area (Å²) < 4.78 is 6.38. The van der Waals surface area contributed by atoms with Gasteiger partial charge in [-0.1, -0.05) is 26.8 Å². The molecule has 2 heteroatoms. The second-order valence-corrected chi connectivity index (χ2v) is 11.1. The van der Waals surface area contributed by atoms with Gasteiger partial charge < -0.3 is 4.43 Å². The molecular formula is C14H26OSi. The van der Waals surface area contributed by atoms with Crippen LogP contribution in [0.3, 0.4) is 0 Å². The first kappa shape index (κ1) is 13.6. The SMILES string of the molecule is C=C[C@H]1CCC(O[Si](C)(C)C(C)(C)C)=C1C. The lowest BCUT2D eigenvalue weighted by molar-refractivity contribution is 0.370. The smallest absolute Gasteiger partial charge is 0.250 e. The molecule has 0 heterocycles. The van der Waals surface area contributed by atoms with E-state index in [-0.39, 0.29) is 5.04 Å². The normalized spacial score (nSPS) is 22.5. The Morgan fingerprint density at radius 2 is 1.94 bits per heavy atom. The molecule has 0 aromatic heterocycles. The molecule has 92 valence electrons. The van der Waals surface area contributed by atoms with E-state index in [1.807, 2.05) is 0 Å². The van der Waals surface area contributed by atoms with E-state index in [1.165, 1.54) is 17.8 Å². The van der Waals surface area contributed by atoms with E-state index < -0.39 is 8.32 Å². The van der Waals surface area contributed by atoms with E-state index in [4.69, 9.17) is 4.43 Å². The fraction of sp³-hybridized carbons (Fsp3) is 0.714. The third-order valence-electron chi connectivity index (χ3n) is 4.15. The number of rotatable bonds is 3. The summed E-state index contributed by atoms with van der Waals surface area (Å²) in [5.74, 6) is 1.79. The molecule has 16 heavy (non-hydrogen) atoms. The molecule has 0 aromatic rings. The summed E-state index contributed by atoms with van der Waals surface area (Å²) >= 11 is 0. The van der Waals surface area contributed by atoms with Crippen molar-refractivity contribution in [1.29, 1.82) is 0 Å². The third-order valence-corrected chi connectivity index (χ3v) is 8.52. The van der Waals surface area contributed by atoms with Gasteiger partial charge in [0.2, 0.25) is 8.32 Å². The minimum absolute atomic E-state index is 0.284. The van der Waals surface area contributed by atoms with Crippen molar-refractivity contribution in [3.8, 4) is 0 Å². The van der Waals surface area contributed by atoms with Crippen LogP contribution in [0.1, 0.15) is 40.5 Å². The van der Waals surface area contributed by atoms with E-state index in [2.05, 4.69) is 53.4 Å². The highest BCUT2D eigenvalue weighted by atomic mass is 28.4. The van der Waals surface area contributed by atoms with Crippen LogP contribution in [0.4, 0.5) is 0 Å². The summed E-state index contributed by atoms with van der Waals surface area (Å²) in [5, 5.41) is 0.284. The zero-order chi connectivity index (χ0) is 12.6. The zero-order valence-electron chi connectivity index (χ0n) is 11.7. The summed E-state index contributed by atoms with van der Waals surface area (Å²) in [7, 11) is -1.65. The Morgan fingerprint density at radius 3 is 2.31 bits per heavy atom. The van der Waals surface area contributed by atoms with Crippen molar-refractivity contribution in [1.82, 2.24) is 0 Å². The van der Waals surface area contributed by atoms with Gasteiger partial charge in [-0.25, -0.2) is 0 Å². The predicted molar refractivity (Wildman–Crippen MR) is 73.9 cm³/mol. The Labute approximate surface area is 102 Å². The lowest BCUT2D eigenvalue weighted by Crippen LogP contribution is -2.40. The van der Waals surface area contributed by atoms with E-state index in [1.54, 1.807) is 0 Å². The lowest BCUT2D eigenvalue weighted by atomic mass is 10.0. The van der Waals surface area contributed by atoms with E-state index in [0.717, 1.165) is 6.42 Å². The maximum absolute atomic E-state index is 6.38. The first-order valence-corrected chi connectivity index (χ1v) is 9.11. The van der Waals surface area contributed by atoms with Crippen molar-refractivity contribution >= 4 is 8.32 Å². The fourth-order valence-corrected chi connectivity index (χ4v) is 2.98. The summed E-state index contributed by atoms with van der Waals surface area (Å²) in [6.45, 7) is 17.6. The van der Waals surface area contributed by atoms with Crippen LogP contribution < -0.4 is 0 Å². The van der Waals surface area contributed by atoms with Crippen molar-refractivity contribution in [3.63, 3.8) is 0 Å². The molecule has 0 saturated heterocycles. The molecular weight excluding hydrogens is 212 g/mol. The second kappa shape index (κ2) is 4.40. The van der Waals surface area contributed by atoms with Crippen LogP contribution in [0.5, 0.6) is 0 Å². The first-order valence-electron chi connectivity index (χ1n) is 6.20. The standard InChI is InChI=1S/C14H26OSi/c1-8-12-9-10-13(11(12)2)15-16(6,7)14(3,4)5/h8,12H,1,9-10H2,2-7H3/t12-/m0/s1. The van der Waals surface area contributed by atoms with Gasteiger partial charge in [0.1, 0.15) is 0 Å². The molecule has 0 aromatic carbocycles. The molecule has 0 amide bonds. The highest BCUT2D eigenvalue weighted by Crippen LogP contribution is 2.42. The Morgan fingerprint density at radius 1 is 1.38 bits per heavy atom. The first-order chi connectivity index (χ1) is 7.19. The predicted octanol–water partition coefficient (Wildman–Crippen LogP) is 4.88. The number of allylic oxidation sites excluding steroid dienone is 3. The summed E-state index contributed by atoms with van der Waals surface area (Å²) in [5.41, 5.74) is 1.40. The molecule has 0 N–H and O–H groups in total. The van der Waals surface area contributed by atoms with Crippen LogP contribution >= 0.6 is 0 Å². The molecule has 0 saturated carbocycles. The van der Waals surface area contributed by atoms with Crippen molar-refractivity contribution in [2.75, 3.05) is 0 Å². The summed E-state index contributed by atoms with van der Waals surface area (Å²) in [6.07, 6.45) is 4.33. The Kier molecular flexibility index (Phi) is 3.73. The van der Waals surface area contributed by atoms with Crippen molar-refractivity contribution in [2.45, 2.75) is 58.7 Å².